The van der Waals surface area contributed by atoms with Crippen molar-refractivity contribution < 1.29 is 13.9 Å². The quantitative estimate of drug-likeness (QED) is 0.802. The maximum absolute atomic E-state index is 12.8. The third-order valence-corrected chi connectivity index (χ3v) is 3.41. The molecule has 1 unspecified atom stereocenters. The summed E-state index contributed by atoms with van der Waals surface area (Å²) in [6, 6.07) is 13.9. The Hall–Kier alpha value is -2.54. The standard InChI is InChI=1S/C18H18FNO2/c1-13-3-8-18(21-2)17(11-13)14(12-20)9-10-22-16-6-4-15(19)5-7-16/h3-8,11,14H,9-10H2,1-2H3. The molecule has 0 bridgehead atoms. The van der Waals surface area contributed by atoms with Crippen LogP contribution in [0.2, 0.25) is 0 Å². The van der Waals surface area contributed by atoms with Crippen LogP contribution in [0.3, 0.4) is 0 Å². The van der Waals surface area contributed by atoms with Crippen molar-refractivity contribution in [2.24, 2.45) is 0 Å². The summed E-state index contributed by atoms with van der Waals surface area (Å²) in [7, 11) is 1.59. The molecule has 2 rings (SSSR count). The molecule has 1 atom stereocenters. The van der Waals surface area contributed by atoms with Gasteiger partial charge in [0.1, 0.15) is 17.3 Å². The van der Waals surface area contributed by atoms with Crippen LogP contribution < -0.4 is 9.47 Å². The van der Waals surface area contributed by atoms with Crippen LogP contribution in [0, 0.1) is 24.1 Å². The predicted molar refractivity (Wildman–Crippen MR) is 82.6 cm³/mol. The number of hydrogen-bond acceptors (Lipinski definition) is 3. The topological polar surface area (TPSA) is 42.2 Å². The third-order valence-electron chi connectivity index (χ3n) is 3.41. The van der Waals surface area contributed by atoms with Crippen molar-refractivity contribution in [2.45, 2.75) is 19.3 Å². The molecule has 0 aromatic heterocycles. The van der Waals surface area contributed by atoms with Crippen molar-refractivity contribution in [1.29, 1.82) is 5.26 Å². The van der Waals surface area contributed by atoms with Gasteiger partial charge in [0.05, 0.1) is 25.7 Å². The third kappa shape index (κ3) is 3.98. The van der Waals surface area contributed by atoms with Gasteiger partial charge in [0.15, 0.2) is 0 Å². The summed E-state index contributed by atoms with van der Waals surface area (Å²) in [5.41, 5.74) is 1.95. The Morgan fingerprint density at radius 3 is 2.55 bits per heavy atom. The van der Waals surface area contributed by atoms with E-state index in [1.807, 2.05) is 25.1 Å². The van der Waals surface area contributed by atoms with Gasteiger partial charge >= 0.3 is 0 Å². The maximum Gasteiger partial charge on any atom is 0.123 e. The highest BCUT2D eigenvalue weighted by Crippen LogP contribution is 2.29. The molecule has 3 nitrogen and oxygen atoms in total. The number of nitriles is 1. The Morgan fingerprint density at radius 1 is 1.18 bits per heavy atom. The van der Waals surface area contributed by atoms with Gasteiger partial charge in [-0.2, -0.15) is 5.26 Å². The first-order valence-corrected chi connectivity index (χ1v) is 7.06. The minimum atomic E-state index is -0.310. The fourth-order valence-corrected chi connectivity index (χ4v) is 2.24. The summed E-state index contributed by atoms with van der Waals surface area (Å²) in [5.74, 6) is 0.690. The smallest absolute Gasteiger partial charge is 0.123 e. The van der Waals surface area contributed by atoms with E-state index in [1.165, 1.54) is 12.1 Å². The number of aryl methyl sites for hydroxylation is 1. The highest BCUT2D eigenvalue weighted by Gasteiger charge is 2.16. The Morgan fingerprint density at radius 2 is 1.91 bits per heavy atom. The van der Waals surface area contributed by atoms with E-state index in [2.05, 4.69) is 6.07 Å². The van der Waals surface area contributed by atoms with E-state index in [1.54, 1.807) is 19.2 Å². The number of halogens is 1. The molecule has 0 N–H and O–H groups in total. The molecule has 22 heavy (non-hydrogen) atoms. The Balaban J connectivity index is 2.02. The second-order valence-corrected chi connectivity index (χ2v) is 5.02. The van der Waals surface area contributed by atoms with Gasteiger partial charge in [0.2, 0.25) is 0 Å². The van der Waals surface area contributed by atoms with E-state index in [0.29, 0.717) is 24.5 Å². The van der Waals surface area contributed by atoms with Gasteiger partial charge in [0, 0.05) is 12.0 Å². The molecule has 0 aliphatic carbocycles. The lowest BCUT2D eigenvalue weighted by Crippen LogP contribution is -2.06. The van der Waals surface area contributed by atoms with Gasteiger partial charge in [-0.25, -0.2) is 4.39 Å². The molecule has 0 amide bonds. The zero-order valence-electron chi connectivity index (χ0n) is 12.7. The number of rotatable bonds is 6. The molecule has 0 aliphatic heterocycles. The zero-order valence-corrected chi connectivity index (χ0v) is 12.7. The summed E-state index contributed by atoms with van der Waals surface area (Å²) in [5, 5.41) is 9.41. The average molecular weight is 299 g/mol. The molecular formula is C18H18FNO2. The number of ether oxygens (including phenoxy) is 2. The lowest BCUT2D eigenvalue weighted by atomic mass is 9.95. The minimum absolute atomic E-state index is 0.299. The van der Waals surface area contributed by atoms with E-state index in [-0.39, 0.29) is 11.7 Å². The molecule has 0 spiro atoms. The van der Waals surface area contributed by atoms with Gasteiger partial charge < -0.3 is 9.47 Å². The van der Waals surface area contributed by atoms with Crippen molar-refractivity contribution in [2.75, 3.05) is 13.7 Å². The fourth-order valence-electron chi connectivity index (χ4n) is 2.24. The van der Waals surface area contributed by atoms with E-state index in [0.717, 1.165) is 11.1 Å². The normalized spacial score (nSPS) is 11.5. The fraction of sp³-hybridized carbons (Fsp3) is 0.278. The molecule has 0 aliphatic rings. The second kappa shape index (κ2) is 7.46. The van der Waals surface area contributed by atoms with Crippen molar-refractivity contribution >= 4 is 0 Å². The summed E-state index contributed by atoms with van der Waals surface area (Å²) < 4.78 is 23.7. The van der Waals surface area contributed by atoms with Crippen LogP contribution in [0.15, 0.2) is 42.5 Å². The molecule has 0 heterocycles. The highest BCUT2D eigenvalue weighted by atomic mass is 19.1. The van der Waals surface area contributed by atoms with Crippen LogP contribution >= 0.6 is 0 Å². The number of hydrogen-bond donors (Lipinski definition) is 0. The highest BCUT2D eigenvalue weighted by molar-refractivity contribution is 5.41. The number of nitrogens with zero attached hydrogens (tertiary/aromatic N) is 1. The largest absolute Gasteiger partial charge is 0.496 e. The average Bonchev–Trinajstić information content (AvgIpc) is 2.53. The maximum atomic E-state index is 12.8. The van der Waals surface area contributed by atoms with Gasteiger partial charge in [0.25, 0.3) is 0 Å². The van der Waals surface area contributed by atoms with Crippen molar-refractivity contribution in [3.05, 3.63) is 59.4 Å². The van der Waals surface area contributed by atoms with Gasteiger partial charge in [-0.05, 0) is 37.3 Å². The van der Waals surface area contributed by atoms with Crippen molar-refractivity contribution in [3.63, 3.8) is 0 Å². The lowest BCUT2D eigenvalue weighted by molar-refractivity contribution is 0.304. The van der Waals surface area contributed by atoms with E-state index < -0.39 is 0 Å². The zero-order chi connectivity index (χ0) is 15.9. The summed E-state index contributed by atoms with van der Waals surface area (Å²) in [6.07, 6.45) is 0.535. The summed E-state index contributed by atoms with van der Waals surface area (Å²) >= 11 is 0. The molecule has 114 valence electrons. The van der Waals surface area contributed by atoms with E-state index in [4.69, 9.17) is 9.47 Å². The number of methoxy groups -OCH3 is 1. The van der Waals surface area contributed by atoms with Crippen LogP contribution in [0.5, 0.6) is 11.5 Å². The molecule has 0 fully saturated rings. The first-order valence-electron chi connectivity index (χ1n) is 7.06. The first-order chi connectivity index (χ1) is 10.6. The molecular weight excluding hydrogens is 281 g/mol. The van der Waals surface area contributed by atoms with Gasteiger partial charge in [-0.3, -0.25) is 0 Å². The lowest BCUT2D eigenvalue weighted by Gasteiger charge is -2.15. The van der Waals surface area contributed by atoms with Crippen molar-refractivity contribution in [1.82, 2.24) is 0 Å². The summed E-state index contributed by atoms with van der Waals surface area (Å²) in [4.78, 5) is 0. The Labute approximate surface area is 129 Å². The van der Waals surface area contributed by atoms with Gasteiger partial charge in [-0.15, -0.1) is 0 Å². The first kappa shape index (κ1) is 15.8. The van der Waals surface area contributed by atoms with Crippen LogP contribution in [-0.2, 0) is 0 Å². The predicted octanol–water partition coefficient (Wildman–Crippen LogP) is 4.22. The van der Waals surface area contributed by atoms with Crippen LogP contribution in [-0.4, -0.2) is 13.7 Å². The van der Waals surface area contributed by atoms with Gasteiger partial charge in [-0.1, -0.05) is 17.7 Å². The molecule has 0 radical (unpaired) electrons. The van der Waals surface area contributed by atoms with E-state index >= 15 is 0 Å². The molecule has 0 saturated heterocycles. The van der Waals surface area contributed by atoms with Crippen molar-refractivity contribution in [3.8, 4) is 17.6 Å². The Kier molecular flexibility index (Phi) is 5.37. The van der Waals surface area contributed by atoms with E-state index in [9.17, 15) is 9.65 Å². The molecule has 0 saturated carbocycles. The molecule has 2 aromatic carbocycles. The minimum Gasteiger partial charge on any atom is -0.496 e. The monoisotopic (exact) mass is 299 g/mol. The molecule has 2 aromatic rings. The Bertz CT molecular complexity index is 662. The SMILES string of the molecule is COc1ccc(C)cc1C(C#N)CCOc1ccc(F)cc1. The second-order valence-electron chi connectivity index (χ2n) is 5.02. The molecule has 4 heteroatoms. The number of benzene rings is 2. The van der Waals surface area contributed by atoms with Crippen LogP contribution in [0.4, 0.5) is 4.39 Å². The van der Waals surface area contributed by atoms with Crippen LogP contribution in [0.25, 0.3) is 0 Å². The van der Waals surface area contributed by atoms with Crippen LogP contribution in [0.1, 0.15) is 23.5 Å². The summed E-state index contributed by atoms with van der Waals surface area (Å²) in [6.45, 7) is 2.35.